The molecule has 2 N–H and O–H groups in total. The Morgan fingerprint density at radius 2 is 2.19 bits per heavy atom. The number of carbonyl (C=O) groups excluding carboxylic acids is 1. The molecule has 1 aliphatic heterocycles. The SMILES string of the molecule is O=C(NCCc1ccc(F)cc1)c1n[nH]c2c1COCC2. The van der Waals surface area contributed by atoms with Gasteiger partial charge in [0.25, 0.3) is 5.91 Å². The van der Waals surface area contributed by atoms with Gasteiger partial charge in [0.15, 0.2) is 5.69 Å². The van der Waals surface area contributed by atoms with E-state index in [9.17, 15) is 9.18 Å². The molecule has 0 fully saturated rings. The van der Waals surface area contributed by atoms with Crippen LogP contribution in [0.3, 0.4) is 0 Å². The number of aromatic amines is 1. The molecule has 1 aromatic heterocycles. The summed E-state index contributed by atoms with van der Waals surface area (Å²) in [4.78, 5) is 12.1. The number of aromatic nitrogens is 2. The molecule has 6 heteroatoms. The minimum absolute atomic E-state index is 0.208. The molecule has 0 spiro atoms. The molecule has 1 aliphatic rings. The zero-order chi connectivity index (χ0) is 14.7. The zero-order valence-electron chi connectivity index (χ0n) is 11.5. The summed E-state index contributed by atoms with van der Waals surface area (Å²) >= 11 is 0. The molecule has 0 aliphatic carbocycles. The van der Waals surface area contributed by atoms with Crippen LogP contribution in [0.2, 0.25) is 0 Å². The highest BCUT2D eigenvalue weighted by molar-refractivity contribution is 5.93. The van der Waals surface area contributed by atoms with E-state index >= 15 is 0 Å². The van der Waals surface area contributed by atoms with E-state index in [1.165, 1.54) is 12.1 Å². The molecule has 0 unspecified atom stereocenters. The molecule has 21 heavy (non-hydrogen) atoms. The van der Waals surface area contributed by atoms with Gasteiger partial charge < -0.3 is 10.1 Å². The van der Waals surface area contributed by atoms with Crippen LogP contribution in [-0.2, 0) is 24.2 Å². The molecule has 0 radical (unpaired) electrons. The van der Waals surface area contributed by atoms with Crippen molar-refractivity contribution in [3.8, 4) is 0 Å². The standard InChI is InChI=1S/C15H16FN3O2/c16-11-3-1-10(2-4-11)5-7-17-15(20)14-12-9-21-8-6-13(12)18-19-14/h1-4H,5-9H2,(H,17,20)(H,18,19). The van der Waals surface area contributed by atoms with Gasteiger partial charge in [-0.3, -0.25) is 9.89 Å². The summed E-state index contributed by atoms with van der Waals surface area (Å²) in [5.74, 6) is -0.467. The number of carbonyl (C=O) groups is 1. The first-order valence-electron chi connectivity index (χ1n) is 6.90. The fourth-order valence-corrected chi connectivity index (χ4v) is 2.35. The summed E-state index contributed by atoms with van der Waals surface area (Å²) in [6, 6.07) is 6.26. The average molecular weight is 289 g/mol. The highest BCUT2D eigenvalue weighted by Gasteiger charge is 2.21. The van der Waals surface area contributed by atoms with Gasteiger partial charge in [0, 0.05) is 24.2 Å². The normalized spacial score (nSPS) is 13.8. The molecule has 2 heterocycles. The number of ether oxygens (including phenoxy) is 1. The smallest absolute Gasteiger partial charge is 0.272 e. The van der Waals surface area contributed by atoms with Gasteiger partial charge in [-0.25, -0.2) is 4.39 Å². The Labute approximate surface area is 121 Å². The van der Waals surface area contributed by atoms with Crippen LogP contribution in [-0.4, -0.2) is 29.3 Å². The van der Waals surface area contributed by atoms with Crippen molar-refractivity contribution in [1.29, 1.82) is 0 Å². The molecule has 0 bridgehead atoms. The quantitative estimate of drug-likeness (QED) is 0.898. The van der Waals surface area contributed by atoms with Gasteiger partial charge in [-0.15, -0.1) is 0 Å². The Hall–Kier alpha value is -2.21. The van der Waals surface area contributed by atoms with E-state index in [0.29, 0.717) is 31.9 Å². The molecule has 5 nitrogen and oxygen atoms in total. The second-order valence-corrected chi connectivity index (χ2v) is 4.96. The zero-order valence-corrected chi connectivity index (χ0v) is 11.5. The van der Waals surface area contributed by atoms with E-state index < -0.39 is 0 Å². The Kier molecular flexibility index (Phi) is 3.96. The van der Waals surface area contributed by atoms with Crippen LogP contribution in [0.15, 0.2) is 24.3 Å². The number of fused-ring (bicyclic) bond motifs is 1. The number of halogens is 1. The van der Waals surface area contributed by atoms with Crippen molar-refractivity contribution < 1.29 is 13.9 Å². The Morgan fingerprint density at radius 3 is 3.00 bits per heavy atom. The minimum Gasteiger partial charge on any atom is -0.376 e. The first-order valence-corrected chi connectivity index (χ1v) is 6.90. The second kappa shape index (κ2) is 6.05. The minimum atomic E-state index is -0.258. The maximum absolute atomic E-state index is 12.8. The predicted molar refractivity (Wildman–Crippen MR) is 74.4 cm³/mol. The topological polar surface area (TPSA) is 67.0 Å². The number of benzene rings is 1. The van der Waals surface area contributed by atoms with Crippen LogP contribution < -0.4 is 5.32 Å². The monoisotopic (exact) mass is 289 g/mol. The van der Waals surface area contributed by atoms with Gasteiger partial charge in [0.05, 0.1) is 13.2 Å². The van der Waals surface area contributed by atoms with Crippen molar-refractivity contribution >= 4 is 5.91 Å². The van der Waals surface area contributed by atoms with Crippen molar-refractivity contribution in [1.82, 2.24) is 15.5 Å². The largest absolute Gasteiger partial charge is 0.376 e. The summed E-state index contributed by atoms with van der Waals surface area (Å²) in [6.07, 6.45) is 1.40. The molecule has 1 aromatic carbocycles. The molecular weight excluding hydrogens is 273 g/mol. The second-order valence-electron chi connectivity index (χ2n) is 4.96. The van der Waals surface area contributed by atoms with E-state index in [1.807, 2.05) is 0 Å². The summed E-state index contributed by atoms with van der Waals surface area (Å²) in [7, 11) is 0. The van der Waals surface area contributed by atoms with Crippen molar-refractivity contribution in [2.75, 3.05) is 13.2 Å². The third-order valence-corrected chi connectivity index (χ3v) is 3.52. The van der Waals surface area contributed by atoms with E-state index in [2.05, 4.69) is 15.5 Å². The van der Waals surface area contributed by atoms with Crippen LogP contribution in [0, 0.1) is 5.82 Å². The average Bonchev–Trinajstić information content (AvgIpc) is 2.93. The number of nitrogens with zero attached hydrogens (tertiary/aromatic N) is 1. The lowest BCUT2D eigenvalue weighted by Gasteiger charge is -2.12. The number of H-pyrrole nitrogens is 1. The van der Waals surface area contributed by atoms with Gasteiger partial charge in [-0.2, -0.15) is 5.10 Å². The molecule has 3 rings (SSSR count). The third-order valence-electron chi connectivity index (χ3n) is 3.52. The number of amides is 1. The van der Waals surface area contributed by atoms with Gasteiger partial charge in [-0.05, 0) is 24.1 Å². The Bertz CT molecular complexity index is 637. The lowest BCUT2D eigenvalue weighted by atomic mass is 10.1. The highest BCUT2D eigenvalue weighted by atomic mass is 19.1. The first-order chi connectivity index (χ1) is 10.2. The number of hydrogen-bond donors (Lipinski definition) is 2. The first kappa shape index (κ1) is 13.8. The van der Waals surface area contributed by atoms with E-state index in [4.69, 9.17) is 4.74 Å². The van der Waals surface area contributed by atoms with Crippen LogP contribution in [0.25, 0.3) is 0 Å². The van der Waals surface area contributed by atoms with Crippen LogP contribution in [0.1, 0.15) is 27.3 Å². The molecule has 0 saturated heterocycles. The Balaban J connectivity index is 1.57. The fraction of sp³-hybridized carbons (Fsp3) is 0.333. The van der Waals surface area contributed by atoms with Crippen LogP contribution in [0.5, 0.6) is 0 Å². The summed E-state index contributed by atoms with van der Waals surface area (Å²) in [5, 5.41) is 9.78. The van der Waals surface area contributed by atoms with E-state index in [-0.39, 0.29) is 11.7 Å². The van der Waals surface area contributed by atoms with Crippen LogP contribution >= 0.6 is 0 Å². The summed E-state index contributed by atoms with van der Waals surface area (Å²) < 4.78 is 18.1. The summed E-state index contributed by atoms with van der Waals surface area (Å²) in [6.45, 7) is 1.56. The van der Waals surface area contributed by atoms with E-state index in [1.54, 1.807) is 12.1 Å². The van der Waals surface area contributed by atoms with E-state index in [0.717, 1.165) is 23.2 Å². The number of nitrogens with one attached hydrogen (secondary N) is 2. The highest BCUT2D eigenvalue weighted by Crippen LogP contribution is 2.17. The molecule has 0 atom stereocenters. The van der Waals surface area contributed by atoms with Crippen molar-refractivity contribution in [2.45, 2.75) is 19.4 Å². The third kappa shape index (κ3) is 3.11. The molecular formula is C15H16FN3O2. The molecule has 110 valence electrons. The van der Waals surface area contributed by atoms with Gasteiger partial charge in [0.2, 0.25) is 0 Å². The lowest BCUT2D eigenvalue weighted by Crippen LogP contribution is -2.27. The number of hydrogen-bond acceptors (Lipinski definition) is 3. The molecule has 1 amide bonds. The Morgan fingerprint density at radius 1 is 1.38 bits per heavy atom. The van der Waals surface area contributed by atoms with Gasteiger partial charge in [0.1, 0.15) is 5.82 Å². The maximum Gasteiger partial charge on any atom is 0.272 e. The lowest BCUT2D eigenvalue weighted by molar-refractivity contribution is 0.0925. The fourth-order valence-electron chi connectivity index (χ4n) is 2.35. The van der Waals surface area contributed by atoms with Gasteiger partial charge in [-0.1, -0.05) is 12.1 Å². The van der Waals surface area contributed by atoms with Crippen molar-refractivity contribution in [2.24, 2.45) is 0 Å². The van der Waals surface area contributed by atoms with Gasteiger partial charge >= 0.3 is 0 Å². The molecule has 0 saturated carbocycles. The number of rotatable bonds is 4. The molecule has 2 aromatic rings. The maximum atomic E-state index is 12.8. The van der Waals surface area contributed by atoms with Crippen LogP contribution in [0.4, 0.5) is 4.39 Å². The summed E-state index contributed by atoms with van der Waals surface area (Å²) in [5.41, 5.74) is 3.21. The van der Waals surface area contributed by atoms with Crippen molar-refractivity contribution in [3.63, 3.8) is 0 Å². The van der Waals surface area contributed by atoms with Crippen molar-refractivity contribution in [3.05, 3.63) is 52.6 Å². The predicted octanol–water partition coefficient (Wildman–Crippen LogP) is 1.59.